The summed E-state index contributed by atoms with van der Waals surface area (Å²) in [7, 11) is 0. The molecule has 0 unspecified atom stereocenters. The molecule has 4 heteroatoms. The largest absolute Gasteiger partial charge is 0.474 e. The molecular weight excluding hydrogens is 166 g/mol. The smallest absolute Gasteiger partial charge is 0.233 e. The molecule has 0 saturated heterocycles. The fourth-order valence-corrected chi connectivity index (χ4v) is 0.900. The summed E-state index contributed by atoms with van der Waals surface area (Å²) in [5.74, 6) is 0.567. The van der Waals surface area contributed by atoms with Crippen LogP contribution in [0.2, 0.25) is 0 Å². The molecule has 1 aromatic rings. The minimum atomic E-state index is -0.246. The highest BCUT2D eigenvalue weighted by molar-refractivity contribution is 5.07. The van der Waals surface area contributed by atoms with E-state index in [4.69, 9.17) is 10.00 Å². The normalized spacial score (nSPS) is 12.5. The Balaban J connectivity index is 2.70. The maximum atomic E-state index is 8.63. The Morgan fingerprint density at radius 3 is 2.77 bits per heavy atom. The second kappa shape index (κ2) is 3.94. The Morgan fingerprint density at radius 2 is 2.23 bits per heavy atom. The molecule has 0 aliphatic carbocycles. The fraction of sp³-hybridized carbons (Fsp3) is 0.556. The van der Waals surface area contributed by atoms with Crippen LogP contribution in [0.15, 0.2) is 12.3 Å². The Hall–Kier alpha value is -1.50. The zero-order chi connectivity index (χ0) is 9.84. The highest BCUT2D eigenvalue weighted by Gasteiger charge is 2.06. The summed E-state index contributed by atoms with van der Waals surface area (Å²) in [4.78, 5) is 0. The molecule has 0 aromatic carbocycles. The zero-order valence-corrected chi connectivity index (χ0v) is 8.06. The van der Waals surface area contributed by atoms with E-state index >= 15 is 0 Å². The van der Waals surface area contributed by atoms with Gasteiger partial charge in [-0.2, -0.15) is 5.26 Å². The predicted molar refractivity (Wildman–Crippen MR) is 48.3 cm³/mol. The van der Waals surface area contributed by atoms with E-state index in [0.29, 0.717) is 5.88 Å². The molecule has 0 spiro atoms. The Labute approximate surface area is 77.7 Å². The van der Waals surface area contributed by atoms with Crippen molar-refractivity contribution >= 4 is 0 Å². The van der Waals surface area contributed by atoms with Gasteiger partial charge < -0.3 is 4.74 Å². The van der Waals surface area contributed by atoms with E-state index in [9.17, 15) is 0 Å². The van der Waals surface area contributed by atoms with Gasteiger partial charge in [0.25, 0.3) is 0 Å². The second-order valence-electron chi connectivity index (χ2n) is 3.11. The molecule has 0 bridgehead atoms. The van der Waals surface area contributed by atoms with Crippen LogP contribution in [0.4, 0.5) is 0 Å². The first-order valence-corrected chi connectivity index (χ1v) is 4.25. The van der Waals surface area contributed by atoms with Crippen LogP contribution in [0, 0.1) is 11.3 Å². The minimum Gasteiger partial charge on any atom is -0.474 e. The minimum absolute atomic E-state index is 0.112. The van der Waals surface area contributed by atoms with E-state index in [2.05, 4.69) is 11.2 Å². The van der Waals surface area contributed by atoms with E-state index in [1.165, 1.54) is 0 Å². The van der Waals surface area contributed by atoms with Gasteiger partial charge in [0.1, 0.15) is 6.04 Å². The Kier molecular flexibility index (Phi) is 2.91. The predicted octanol–water partition coefficient (Wildman–Crippen LogP) is 1.75. The van der Waals surface area contributed by atoms with Crippen LogP contribution >= 0.6 is 0 Å². The van der Waals surface area contributed by atoms with Crippen molar-refractivity contribution in [3.63, 3.8) is 0 Å². The Morgan fingerprint density at radius 1 is 1.54 bits per heavy atom. The van der Waals surface area contributed by atoms with Crippen molar-refractivity contribution in [2.75, 3.05) is 0 Å². The van der Waals surface area contributed by atoms with Crippen LogP contribution in [0.25, 0.3) is 0 Å². The maximum Gasteiger partial charge on any atom is 0.233 e. The highest BCUT2D eigenvalue weighted by atomic mass is 16.5. The summed E-state index contributed by atoms with van der Waals surface area (Å²) in [6.07, 6.45) is 1.85. The monoisotopic (exact) mass is 179 g/mol. The molecule has 4 nitrogen and oxygen atoms in total. The molecule has 0 fully saturated rings. The van der Waals surface area contributed by atoms with Gasteiger partial charge in [0.15, 0.2) is 0 Å². The molecule has 1 rings (SSSR count). The number of aromatic nitrogens is 2. The first-order valence-electron chi connectivity index (χ1n) is 4.25. The van der Waals surface area contributed by atoms with Gasteiger partial charge in [-0.05, 0) is 20.8 Å². The van der Waals surface area contributed by atoms with Gasteiger partial charge in [-0.25, -0.2) is 0 Å². The van der Waals surface area contributed by atoms with Crippen molar-refractivity contribution in [2.24, 2.45) is 0 Å². The lowest BCUT2D eigenvalue weighted by molar-refractivity contribution is 0.229. The van der Waals surface area contributed by atoms with E-state index < -0.39 is 0 Å². The molecule has 70 valence electrons. The topological polar surface area (TPSA) is 50.8 Å². The molecule has 1 atom stereocenters. The standard InChI is InChI=1S/C9H13N3O/c1-7(2)13-9-4-5-12(11-9)8(3)6-10/h4-5,7-8H,1-3H3/t8-/m0/s1. The molecule has 13 heavy (non-hydrogen) atoms. The van der Waals surface area contributed by atoms with E-state index in [0.717, 1.165) is 0 Å². The number of nitriles is 1. The summed E-state index contributed by atoms with van der Waals surface area (Å²) >= 11 is 0. The molecule has 0 N–H and O–H groups in total. The van der Waals surface area contributed by atoms with Crippen molar-refractivity contribution in [1.82, 2.24) is 9.78 Å². The lowest BCUT2D eigenvalue weighted by atomic mass is 10.4. The van der Waals surface area contributed by atoms with Crippen LogP contribution in [-0.2, 0) is 0 Å². The lowest BCUT2D eigenvalue weighted by Crippen LogP contribution is -2.08. The SMILES string of the molecule is CC(C)Oc1ccn([C@@H](C)C#N)n1. The molecule has 0 aliphatic rings. The lowest BCUT2D eigenvalue weighted by Gasteiger charge is -2.05. The van der Waals surface area contributed by atoms with Crippen molar-refractivity contribution in [1.29, 1.82) is 5.26 Å². The van der Waals surface area contributed by atoms with Gasteiger partial charge in [-0.15, -0.1) is 5.10 Å². The molecule has 0 saturated carbocycles. The quantitative estimate of drug-likeness (QED) is 0.710. The first-order chi connectivity index (χ1) is 6.13. The van der Waals surface area contributed by atoms with Crippen LogP contribution in [0.1, 0.15) is 26.8 Å². The average molecular weight is 179 g/mol. The van der Waals surface area contributed by atoms with Gasteiger partial charge in [0, 0.05) is 12.3 Å². The zero-order valence-electron chi connectivity index (χ0n) is 8.06. The Bertz CT molecular complexity index is 311. The van der Waals surface area contributed by atoms with Crippen molar-refractivity contribution in [2.45, 2.75) is 32.9 Å². The summed E-state index contributed by atoms with van der Waals surface area (Å²) in [5, 5.41) is 12.7. The van der Waals surface area contributed by atoms with Crippen molar-refractivity contribution in [3.05, 3.63) is 12.3 Å². The van der Waals surface area contributed by atoms with Gasteiger partial charge in [0.2, 0.25) is 5.88 Å². The van der Waals surface area contributed by atoms with Crippen LogP contribution in [0.5, 0.6) is 5.88 Å². The number of ether oxygens (including phenoxy) is 1. The molecule has 1 heterocycles. The van der Waals surface area contributed by atoms with E-state index in [1.807, 2.05) is 13.8 Å². The van der Waals surface area contributed by atoms with Crippen LogP contribution in [-0.4, -0.2) is 15.9 Å². The maximum absolute atomic E-state index is 8.63. The summed E-state index contributed by atoms with van der Waals surface area (Å²) in [6.45, 7) is 5.66. The third kappa shape index (κ3) is 2.48. The fourth-order valence-electron chi connectivity index (χ4n) is 0.900. The number of rotatable bonds is 3. The van der Waals surface area contributed by atoms with E-state index in [-0.39, 0.29) is 12.1 Å². The molecule has 0 amide bonds. The summed E-state index contributed by atoms with van der Waals surface area (Å²) in [5.41, 5.74) is 0. The third-order valence-electron chi connectivity index (χ3n) is 1.52. The number of hydrogen-bond acceptors (Lipinski definition) is 3. The first kappa shape index (κ1) is 9.59. The van der Waals surface area contributed by atoms with Gasteiger partial charge in [-0.3, -0.25) is 4.68 Å². The molecular formula is C9H13N3O. The number of hydrogen-bond donors (Lipinski definition) is 0. The second-order valence-corrected chi connectivity index (χ2v) is 3.11. The molecule has 0 aliphatic heterocycles. The third-order valence-corrected chi connectivity index (χ3v) is 1.52. The number of nitrogens with zero attached hydrogens (tertiary/aromatic N) is 3. The molecule has 1 aromatic heterocycles. The average Bonchev–Trinajstić information content (AvgIpc) is 2.50. The summed E-state index contributed by atoms with van der Waals surface area (Å²) in [6, 6.07) is 3.60. The van der Waals surface area contributed by atoms with Crippen LogP contribution < -0.4 is 4.74 Å². The molecule has 0 radical (unpaired) electrons. The highest BCUT2D eigenvalue weighted by Crippen LogP contribution is 2.11. The summed E-state index contributed by atoms with van der Waals surface area (Å²) < 4.78 is 6.93. The van der Waals surface area contributed by atoms with Crippen molar-refractivity contribution in [3.8, 4) is 11.9 Å². The van der Waals surface area contributed by atoms with Crippen LogP contribution in [0.3, 0.4) is 0 Å². The van der Waals surface area contributed by atoms with Crippen molar-refractivity contribution < 1.29 is 4.74 Å². The van der Waals surface area contributed by atoms with Gasteiger partial charge in [0.05, 0.1) is 12.2 Å². The van der Waals surface area contributed by atoms with Gasteiger partial charge >= 0.3 is 0 Å². The van der Waals surface area contributed by atoms with Gasteiger partial charge in [-0.1, -0.05) is 0 Å². The van der Waals surface area contributed by atoms with E-state index in [1.54, 1.807) is 23.9 Å².